The van der Waals surface area contributed by atoms with E-state index in [2.05, 4.69) is 10.1 Å². The van der Waals surface area contributed by atoms with Crippen molar-refractivity contribution in [3.8, 4) is 11.5 Å². The van der Waals surface area contributed by atoms with Crippen LogP contribution in [0.4, 0.5) is 5.69 Å². The number of benzene rings is 1. The van der Waals surface area contributed by atoms with Crippen LogP contribution in [0.5, 0.6) is 11.5 Å². The summed E-state index contributed by atoms with van der Waals surface area (Å²) in [5.41, 5.74) is 3.71. The van der Waals surface area contributed by atoms with Gasteiger partial charge in [0.2, 0.25) is 11.6 Å². The molecular weight excluding hydrogens is 282 g/mol. The first-order valence-electron chi connectivity index (χ1n) is 6.92. The van der Waals surface area contributed by atoms with Gasteiger partial charge in [0.15, 0.2) is 24.2 Å². The lowest BCUT2D eigenvalue weighted by molar-refractivity contribution is -0.732. The highest BCUT2D eigenvalue weighted by Crippen LogP contribution is 2.29. The first kappa shape index (κ1) is 15.9. The van der Waals surface area contributed by atoms with E-state index < -0.39 is 0 Å². The predicted octanol–water partition coefficient (Wildman–Crippen LogP) is 2.20. The number of aromatic nitrogens is 2. The molecule has 1 aromatic carbocycles. The van der Waals surface area contributed by atoms with Gasteiger partial charge < -0.3 is 14.2 Å². The van der Waals surface area contributed by atoms with E-state index in [4.69, 9.17) is 14.2 Å². The Balaban J connectivity index is 2.50. The predicted molar refractivity (Wildman–Crippen MR) is 84.2 cm³/mol. The van der Waals surface area contributed by atoms with Gasteiger partial charge in [0, 0.05) is 12.5 Å². The Morgan fingerprint density at radius 3 is 2.27 bits per heavy atom. The van der Waals surface area contributed by atoms with Crippen LogP contribution in [0.1, 0.15) is 17.0 Å². The monoisotopic (exact) mass is 304 g/mol. The van der Waals surface area contributed by atoms with Gasteiger partial charge in [-0.25, -0.2) is 4.99 Å². The molecule has 0 fully saturated rings. The molecule has 0 amide bonds. The van der Waals surface area contributed by atoms with Gasteiger partial charge >= 0.3 is 0 Å². The summed E-state index contributed by atoms with van der Waals surface area (Å²) in [6.45, 7) is 3.98. The standard InChI is InChI=1S/C16H21N3O3/c1-10-15(11(2)19(3)18-10)17-16(22-6)12-7-8-13(20-4)14(9-12)21-5/h7-9H,1-6H3/p+1. The van der Waals surface area contributed by atoms with Crippen molar-refractivity contribution in [2.24, 2.45) is 12.0 Å². The van der Waals surface area contributed by atoms with E-state index in [0.717, 1.165) is 22.6 Å². The van der Waals surface area contributed by atoms with Crippen molar-refractivity contribution in [3.63, 3.8) is 0 Å². The second-order valence-corrected chi connectivity index (χ2v) is 4.92. The number of hydrogen-bond acceptors (Lipinski definition) is 4. The lowest BCUT2D eigenvalue weighted by Gasteiger charge is -2.10. The smallest absolute Gasteiger partial charge is 0.230 e. The summed E-state index contributed by atoms with van der Waals surface area (Å²) in [6, 6.07) is 5.57. The van der Waals surface area contributed by atoms with Crippen molar-refractivity contribution in [1.82, 2.24) is 5.10 Å². The van der Waals surface area contributed by atoms with Crippen LogP contribution in [0, 0.1) is 13.8 Å². The number of aryl methyl sites for hydroxylation is 2. The molecule has 1 aromatic heterocycles. The second-order valence-electron chi connectivity index (χ2n) is 4.92. The van der Waals surface area contributed by atoms with Crippen LogP contribution in [0.25, 0.3) is 0 Å². The molecule has 6 nitrogen and oxygen atoms in total. The molecule has 1 heterocycles. The molecular formula is C16H22N3O3+. The Labute approximate surface area is 130 Å². The van der Waals surface area contributed by atoms with Gasteiger partial charge in [-0.15, -0.1) is 4.68 Å². The summed E-state index contributed by atoms with van der Waals surface area (Å²) in [5.74, 6) is 1.83. The third-order valence-electron chi connectivity index (χ3n) is 3.57. The highest BCUT2D eigenvalue weighted by molar-refractivity contribution is 5.96. The van der Waals surface area contributed by atoms with Gasteiger partial charge in [0.25, 0.3) is 0 Å². The number of ether oxygens (including phenoxy) is 3. The number of rotatable bonds is 4. The summed E-state index contributed by atoms with van der Waals surface area (Å²) in [4.78, 5) is 4.64. The van der Waals surface area contributed by atoms with E-state index in [1.54, 1.807) is 21.3 Å². The third kappa shape index (κ3) is 2.90. The number of nitrogens with zero attached hydrogens (tertiary/aromatic N) is 2. The van der Waals surface area contributed by atoms with Gasteiger partial charge in [-0.1, -0.05) is 0 Å². The van der Waals surface area contributed by atoms with Crippen molar-refractivity contribution in [1.29, 1.82) is 0 Å². The summed E-state index contributed by atoms with van der Waals surface area (Å²) in [6.07, 6.45) is 0. The Morgan fingerprint density at radius 2 is 1.77 bits per heavy atom. The molecule has 0 aliphatic carbocycles. The van der Waals surface area contributed by atoms with Gasteiger partial charge in [0.1, 0.15) is 5.69 Å². The minimum absolute atomic E-state index is 0.520. The average Bonchev–Trinajstić information content (AvgIpc) is 2.77. The zero-order valence-electron chi connectivity index (χ0n) is 13.9. The van der Waals surface area contributed by atoms with E-state index in [0.29, 0.717) is 17.4 Å². The van der Waals surface area contributed by atoms with Gasteiger partial charge in [-0.2, -0.15) is 5.10 Å². The van der Waals surface area contributed by atoms with Crippen molar-refractivity contribution < 1.29 is 18.9 Å². The van der Waals surface area contributed by atoms with Crippen LogP contribution in [0.15, 0.2) is 23.2 Å². The van der Waals surface area contributed by atoms with E-state index in [1.165, 1.54) is 0 Å². The molecule has 22 heavy (non-hydrogen) atoms. The van der Waals surface area contributed by atoms with Gasteiger partial charge in [-0.3, -0.25) is 0 Å². The van der Waals surface area contributed by atoms with Crippen molar-refractivity contribution in [3.05, 3.63) is 35.2 Å². The quantitative estimate of drug-likeness (QED) is 0.535. The minimum Gasteiger partial charge on any atom is -0.493 e. The fraction of sp³-hybridized carbons (Fsp3) is 0.375. The molecule has 0 saturated heterocycles. The molecule has 0 radical (unpaired) electrons. The fourth-order valence-corrected chi connectivity index (χ4v) is 2.28. The molecule has 1 N–H and O–H groups in total. The molecule has 0 aliphatic heterocycles. The topological polar surface area (TPSA) is 59.7 Å². The summed E-state index contributed by atoms with van der Waals surface area (Å²) >= 11 is 0. The number of nitrogens with one attached hydrogen (secondary N) is 1. The van der Waals surface area contributed by atoms with Crippen LogP contribution in [0.2, 0.25) is 0 Å². The largest absolute Gasteiger partial charge is 0.493 e. The Kier molecular flexibility index (Phi) is 4.70. The number of H-pyrrole nitrogens is 1. The highest BCUT2D eigenvalue weighted by Gasteiger charge is 2.17. The first-order valence-corrected chi connectivity index (χ1v) is 6.92. The average molecular weight is 304 g/mol. The van der Waals surface area contributed by atoms with E-state index in [-0.39, 0.29) is 0 Å². The maximum Gasteiger partial charge on any atom is 0.230 e. The molecule has 6 heteroatoms. The van der Waals surface area contributed by atoms with E-state index in [1.807, 2.05) is 43.8 Å². The molecule has 0 spiro atoms. The summed E-state index contributed by atoms with van der Waals surface area (Å²) < 4.78 is 18.0. The first-order chi connectivity index (χ1) is 10.5. The van der Waals surface area contributed by atoms with Crippen LogP contribution >= 0.6 is 0 Å². The van der Waals surface area contributed by atoms with Gasteiger partial charge in [-0.05, 0) is 25.1 Å². The summed E-state index contributed by atoms with van der Waals surface area (Å²) in [5, 5.41) is 3.21. The molecule has 2 rings (SSSR count). The van der Waals surface area contributed by atoms with Crippen LogP contribution < -0.4 is 14.2 Å². The lowest BCUT2D eigenvalue weighted by atomic mass is 10.2. The zero-order valence-corrected chi connectivity index (χ0v) is 13.9. The molecule has 2 aromatic rings. The SMILES string of the molecule is COC(=Nc1c(C)[nH][n+](C)c1C)c1ccc(OC)c(OC)c1. The van der Waals surface area contributed by atoms with Crippen LogP contribution in [-0.2, 0) is 11.8 Å². The minimum atomic E-state index is 0.520. The Hall–Kier alpha value is -2.50. The third-order valence-corrected chi connectivity index (χ3v) is 3.57. The van der Waals surface area contributed by atoms with Crippen molar-refractivity contribution >= 4 is 11.6 Å². The second kappa shape index (κ2) is 6.51. The summed E-state index contributed by atoms with van der Waals surface area (Å²) in [7, 11) is 6.76. The Bertz CT molecular complexity index is 705. The van der Waals surface area contributed by atoms with E-state index >= 15 is 0 Å². The zero-order chi connectivity index (χ0) is 16.3. The van der Waals surface area contributed by atoms with Gasteiger partial charge in [0.05, 0.1) is 21.3 Å². The number of hydrogen-bond donors (Lipinski definition) is 1. The number of aliphatic imine (C=N–C) groups is 1. The maximum absolute atomic E-state index is 5.46. The lowest BCUT2D eigenvalue weighted by Crippen LogP contribution is -2.32. The fourth-order valence-electron chi connectivity index (χ4n) is 2.28. The molecule has 0 saturated carbocycles. The normalized spacial score (nSPS) is 11.5. The highest BCUT2D eigenvalue weighted by atomic mass is 16.5. The molecule has 0 bridgehead atoms. The molecule has 0 atom stereocenters. The molecule has 0 aliphatic rings. The van der Waals surface area contributed by atoms with Crippen LogP contribution in [-0.4, -0.2) is 32.3 Å². The maximum atomic E-state index is 5.46. The number of aromatic amines is 1. The Morgan fingerprint density at radius 1 is 1.09 bits per heavy atom. The van der Waals surface area contributed by atoms with Crippen LogP contribution in [0.3, 0.4) is 0 Å². The van der Waals surface area contributed by atoms with E-state index in [9.17, 15) is 0 Å². The number of methoxy groups -OCH3 is 3. The molecule has 118 valence electrons. The van der Waals surface area contributed by atoms with Crippen molar-refractivity contribution in [2.75, 3.05) is 21.3 Å². The molecule has 0 unspecified atom stereocenters. The van der Waals surface area contributed by atoms with Crippen molar-refractivity contribution in [2.45, 2.75) is 13.8 Å².